The summed E-state index contributed by atoms with van der Waals surface area (Å²) in [6, 6.07) is 3.28. The van der Waals surface area contributed by atoms with Gasteiger partial charge in [0.1, 0.15) is 24.8 Å². The van der Waals surface area contributed by atoms with Crippen LogP contribution in [0.2, 0.25) is 0 Å². The van der Waals surface area contributed by atoms with Crippen molar-refractivity contribution in [2.75, 3.05) is 19.0 Å². The van der Waals surface area contributed by atoms with E-state index >= 15 is 0 Å². The molecule has 0 N–H and O–H groups in total. The van der Waals surface area contributed by atoms with Crippen molar-refractivity contribution in [2.24, 2.45) is 0 Å². The normalized spacial score (nSPS) is 10.0. The van der Waals surface area contributed by atoms with E-state index < -0.39 is 23.3 Å². The SMILES string of the molecule is O=C(CCS)OCCOc1ccc(C(=O)[O-])c(F)c1. The van der Waals surface area contributed by atoms with Crippen molar-refractivity contribution in [2.45, 2.75) is 6.42 Å². The van der Waals surface area contributed by atoms with Crippen LogP contribution in [0, 0.1) is 5.82 Å². The maximum Gasteiger partial charge on any atom is 0.306 e. The Morgan fingerprint density at radius 2 is 2.05 bits per heavy atom. The number of carbonyl (C=O) groups excluding carboxylic acids is 2. The number of rotatable bonds is 7. The molecule has 0 aliphatic carbocycles. The molecular weight excluding hydrogens is 275 g/mol. The molecule has 0 aromatic heterocycles. The third-order valence-electron chi connectivity index (χ3n) is 2.09. The van der Waals surface area contributed by atoms with Gasteiger partial charge in [0, 0.05) is 17.4 Å². The van der Waals surface area contributed by atoms with Crippen LogP contribution in [0.4, 0.5) is 4.39 Å². The fraction of sp³-hybridized carbons (Fsp3) is 0.333. The van der Waals surface area contributed by atoms with Crippen LogP contribution in [0.15, 0.2) is 18.2 Å². The van der Waals surface area contributed by atoms with Gasteiger partial charge in [0.15, 0.2) is 0 Å². The molecule has 1 aromatic rings. The van der Waals surface area contributed by atoms with E-state index in [-0.39, 0.29) is 25.4 Å². The minimum atomic E-state index is -1.59. The van der Waals surface area contributed by atoms with Gasteiger partial charge in [0.05, 0.1) is 12.4 Å². The quantitative estimate of drug-likeness (QED) is 0.447. The molecule has 0 aliphatic heterocycles. The second-order valence-electron chi connectivity index (χ2n) is 3.47. The first-order valence-corrected chi connectivity index (χ1v) is 6.08. The van der Waals surface area contributed by atoms with E-state index in [0.717, 1.165) is 12.1 Å². The van der Waals surface area contributed by atoms with Crippen LogP contribution in [-0.4, -0.2) is 30.9 Å². The first-order valence-electron chi connectivity index (χ1n) is 5.44. The van der Waals surface area contributed by atoms with Crippen molar-refractivity contribution in [3.63, 3.8) is 0 Å². The lowest BCUT2D eigenvalue weighted by Crippen LogP contribution is -2.23. The van der Waals surface area contributed by atoms with Crippen molar-refractivity contribution < 1.29 is 28.6 Å². The Morgan fingerprint density at radius 1 is 1.32 bits per heavy atom. The van der Waals surface area contributed by atoms with Crippen LogP contribution < -0.4 is 9.84 Å². The summed E-state index contributed by atoms with van der Waals surface area (Å²) in [5, 5.41) is 10.5. The van der Waals surface area contributed by atoms with Gasteiger partial charge in [-0.15, -0.1) is 0 Å². The molecule has 0 spiro atoms. The number of carbonyl (C=O) groups is 2. The lowest BCUT2D eigenvalue weighted by atomic mass is 10.2. The molecule has 0 amide bonds. The summed E-state index contributed by atoms with van der Waals surface area (Å²) in [5.74, 6) is -2.38. The van der Waals surface area contributed by atoms with Gasteiger partial charge >= 0.3 is 5.97 Å². The van der Waals surface area contributed by atoms with Gasteiger partial charge in [-0.2, -0.15) is 12.6 Å². The molecule has 19 heavy (non-hydrogen) atoms. The molecule has 1 aromatic carbocycles. The fourth-order valence-electron chi connectivity index (χ4n) is 1.23. The lowest BCUT2D eigenvalue weighted by Gasteiger charge is -2.09. The molecular formula is C12H12FO5S-. The average molecular weight is 287 g/mol. The van der Waals surface area contributed by atoms with E-state index in [4.69, 9.17) is 9.47 Å². The molecule has 0 heterocycles. The minimum Gasteiger partial charge on any atom is -0.545 e. The Kier molecular flexibility index (Phi) is 6.14. The molecule has 0 radical (unpaired) electrons. The van der Waals surface area contributed by atoms with E-state index in [2.05, 4.69) is 12.6 Å². The minimum absolute atomic E-state index is 0.0243. The monoisotopic (exact) mass is 287 g/mol. The van der Waals surface area contributed by atoms with Crippen LogP contribution in [0.1, 0.15) is 16.8 Å². The highest BCUT2D eigenvalue weighted by molar-refractivity contribution is 7.80. The summed E-state index contributed by atoms with van der Waals surface area (Å²) in [7, 11) is 0. The maximum absolute atomic E-state index is 13.2. The summed E-state index contributed by atoms with van der Waals surface area (Å²) >= 11 is 3.87. The van der Waals surface area contributed by atoms with Crippen LogP contribution >= 0.6 is 12.6 Å². The van der Waals surface area contributed by atoms with Crippen molar-refractivity contribution >= 4 is 24.6 Å². The zero-order valence-electron chi connectivity index (χ0n) is 9.93. The predicted molar refractivity (Wildman–Crippen MR) is 65.7 cm³/mol. The molecule has 0 unspecified atom stereocenters. The summed E-state index contributed by atoms with van der Waals surface area (Å²) in [6.45, 7) is 0.0683. The van der Waals surface area contributed by atoms with E-state index in [9.17, 15) is 19.1 Å². The van der Waals surface area contributed by atoms with E-state index in [1.165, 1.54) is 6.07 Å². The van der Waals surface area contributed by atoms with Gasteiger partial charge in [-0.3, -0.25) is 4.79 Å². The van der Waals surface area contributed by atoms with Gasteiger partial charge in [-0.25, -0.2) is 4.39 Å². The van der Waals surface area contributed by atoms with Gasteiger partial charge in [-0.1, -0.05) is 0 Å². The Hall–Kier alpha value is -1.76. The molecule has 0 saturated carbocycles. The fourth-order valence-corrected chi connectivity index (χ4v) is 1.41. The molecule has 7 heteroatoms. The lowest BCUT2D eigenvalue weighted by molar-refractivity contribution is -0.255. The van der Waals surface area contributed by atoms with Gasteiger partial charge in [0.2, 0.25) is 0 Å². The van der Waals surface area contributed by atoms with Gasteiger partial charge < -0.3 is 19.4 Å². The first-order chi connectivity index (χ1) is 9.04. The van der Waals surface area contributed by atoms with Crippen LogP contribution in [0.5, 0.6) is 5.75 Å². The molecule has 104 valence electrons. The van der Waals surface area contributed by atoms with Crippen molar-refractivity contribution in [3.05, 3.63) is 29.6 Å². The van der Waals surface area contributed by atoms with Crippen LogP contribution in [-0.2, 0) is 9.53 Å². The number of hydrogen-bond acceptors (Lipinski definition) is 6. The highest BCUT2D eigenvalue weighted by Gasteiger charge is 2.05. The van der Waals surface area contributed by atoms with Crippen molar-refractivity contribution in [3.8, 4) is 5.75 Å². The van der Waals surface area contributed by atoms with Crippen molar-refractivity contribution in [1.82, 2.24) is 0 Å². The Bertz CT molecular complexity index is 463. The third kappa shape index (κ3) is 5.17. The Balaban J connectivity index is 2.40. The summed E-state index contributed by atoms with van der Waals surface area (Å²) in [6.07, 6.45) is 0.206. The second kappa shape index (κ2) is 7.63. The largest absolute Gasteiger partial charge is 0.545 e. The molecule has 0 bridgehead atoms. The van der Waals surface area contributed by atoms with E-state index in [0.29, 0.717) is 5.75 Å². The highest BCUT2D eigenvalue weighted by Crippen LogP contribution is 2.16. The number of benzene rings is 1. The van der Waals surface area contributed by atoms with E-state index in [1.807, 2.05) is 0 Å². The smallest absolute Gasteiger partial charge is 0.306 e. The molecule has 5 nitrogen and oxygen atoms in total. The zero-order chi connectivity index (χ0) is 14.3. The first kappa shape index (κ1) is 15.3. The van der Waals surface area contributed by atoms with E-state index in [1.54, 1.807) is 0 Å². The maximum atomic E-state index is 13.2. The van der Waals surface area contributed by atoms with Crippen LogP contribution in [0.3, 0.4) is 0 Å². The molecule has 0 aliphatic rings. The summed E-state index contributed by atoms with van der Waals surface area (Å²) < 4.78 is 23.1. The number of thiol groups is 1. The number of ether oxygens (including phenoxy) is 2. The second-order valence-corrected chi connectivity index (χ2v) is 3.92. The number of esters is 1. The topological polar surface area (TPSA) is 75.7 Å². The number of carboxylic acids is 1. The highest BCUT2D eigenvalue weighted by atomic mass is 32.1. The molecule has 0 atom stereocenters. The Morgan fingerprint density at radius 3 is 2.63 bits per heavy atom. The van der Waals surface area contributed by atoms with Crippen molar-refractivity contribution in [1.29, 1.82) is 0 Å². The number of halogens is 1. The third-order valence-corrected chi connectivity index (χ3v) is 2.32. The number of aromatic carboxylic acids is 1. The summed E-state index contributed by atoms with van der Waals surface area (Å²) in [5.41, 5.74) is -0.535. The molecule has 1 rings (SSSR count). The van der Waals surface area contributed by atoms with Gasteiger partial charge in [-0.05, 0) is 12.1 Å². The summed E-state index contributed by atoms with van der Waals surface area (Å²) in [4.78, 5) is 21.4. The molecule has 0 saturated heterocycles. The number of carboxylic acid groups (broad SMARTS) is 1. The standard InChI is InChI=1S/C12H13FO5S/c13-10-7-8(1-2-9(10)12(15)16)17-4-5-18-11(14)3-6-19/h1-2,7,19H,3-6H2,(H,15,16)/p-1. The average Bonchev–Trinajstić information content (AvgIpc) is 2.34. The Labute approximate surface area is 114 Å². The molecule has 0 fully saturated rings. The van der Waals surface area contributed by atoms with Gasteiger partial charge in [0.25, 0.3) is 0 Å². The number of hydrogen-bond donors (Lipinski definition) is 1. The predicted octanol–water partition coefficient (Wildman–Crippen LogP) is 0.431. The zero-order valence-corrected chi connectivity index (χ0v) is 10.8. The van der Waals surface area contributed by atoms with Crippen LogP contribution in [0.25, 0.3) is 0 Å².